The minimum absolute atomic E-state index is 0. The molecule has 0 aromatic heterocycles. The summed E-state index contributed by atoms with van der Waals surface area (Å²) in [6.07, 6.45) is 4.82. The van der Waals surface area contributed by atoms with Crippen molar-refractivity contribution in [1.82, 2.24) is 10.6 Å². The highest BCUT2D eigenvalue weighted by Gasteiger charge is 2.30. The van der Waals surface area contributed by atoms with Crippen molar-refractivity contribution in [3.05, 3.63) is 29.3 Å². The number of hydrogen-bond donors (Lipinski definition) is 3. The summed E-state index contributed by atoms with van der Waals surface area (Å²) >= 11 is 0. The number of methoxy groups -OCH3 is 1. The van der Waals surface area contributed by atoms with Crippen molar-refractivity contribution in [1.29, 1.82) is 0 Å². The second kappa shape index (κ2) is 10.9. The van der Waals surface area contributed by atoms with Gasteiger partial charge in [0.15, 0.2) is 5.96 Å². The first-order valence-electron chi connectivity index (χ1n) is 8.94. The quantitative estimate of drug-likeness (QED) is 0.332. The maximum atomic E-state index is 10.4. The maximum Gasteiger partial charge on any atom is 0.191 e. The van der Waals surface area contributed by atoms with Gasteiger partial charge < -0.3 is 20.5 Å². The minimum Gasteiger partial charge on any atom is -0.496 e. The van der Waals surface area contributed by atoms with E-state index in [1.165, 1.54) is 5.56 Å². The number of aryl methyl sites for hydroxylation is 1. The van der Waals surface area contributed by atoms with Crippen LogP contribution in [-0.4, -0.2) is 43.4 Å². The molecule has 2 rings (SSSR count). The van der Waals surface area contributed by atoms with Crippen LogP contribution in [0.3, 0.4) is 0 Å². The van der Waals surface area contributed by atoms with Gasteiger partial charge >= 0.3 is 0 Å². The predicted molar refractivity (Wildman–Crippen MR) is 114 cm³/mol. The summed E-state index contributed by atoms with van der Waals surface area (Å²) in [6.45, 7) is 6.16. The monoisotopic (exact) mass is 461 g/mol. The topological polar surface area (TPSA) is 65.9 Å². The third kappa shape index (κ3) is 7.01. The van der Waals surface area contributed by atoms with Crippen LogP contribution in [0.4, 0.5) is 0 Å². The summed E-state index contributed by atoms with van der Waals surface area (Å²) in [6, 6.07) is 6.30. The lowest BCUT2D eigenvalue weighted by Gasteiger charge is -2.20. The maximum absolute atomic E-state index is 10.4. The molecule has 0 unspecified atom stereocenters. The molecule has 1 aliphatic carbocycles. The van der Waals surface area contributed by atoms with Crippen LogP contribution in [0, 0.1) is 6.92 Å². The number of ether oxygens (including phenoxy) is 1. The van der Waals surface area contributed by atoms with E-state index in [0.29, 0.717) is 6.54 Å². The first-order chi connectivity index (χ1) is 11.6. The van der Waals surface area contributed by atoms with E-state index in [2.05, 4.69) is 33.8 Å². The van der Waals surface area contributed by atoms with E-state index in [9.17, 15) is 5.11 Å². The molecule has 25 heavy (non-hydrogen) atoms. The molecule has 1 fully saturated rings. The van der Waals surface area contributed by atoms with Gasteiger partial charge in [0, 0.05) is 13.1 Å². The first kappa shape index (κ1) is 22.0. The van der Waals surface area contributed by atoms with E-state index in [0.717, 1.165) is 62.5 Å². The fraction of sp³-hybridized carbons (Fsp3) is 0.632. The van der Waals surface area contributed by atoms with Gasteiger partial charge in [0.1, 0.15) is 5.75 Å². The summed E-state index contributed by atoms with van der Waals surface area (Å²) in [4.78, 5) is 4.57. The molecule has 0 bridgehead atoms. The highest BCUT2D eigenvalue weighted by Crippen LogP contribution is 2.29. The van der Waals surface area contributed by atoms with E-state index < -0.39 is 5.60 Å². The molecule has 0 saturated heterocycles. The van der Waals surface area contributed by atoms with Gasteiger partial charge in [-0.15, -0.1) is 24.0 Å². The Bertz CT molecular complexity index is 558. The van der Waals surface area contributed by atoms with Crippen molar-refractivity contribution in [2.45, 2.75) is 51.6 Å². The Kier molecular flexibility index (Phi) is 9.56. The second-order valence-corrected chi connectivity index (χ2v) is 6.61. The number of rotatable bonds is 7. The normalized spacial score (nSPS) is 16.2. The van der Waals surface area contributed by atoms with Crippen molar-refractivity contribution in [2.24, 2.45) is 4.99 Å². The van der Waals surface area contributed by atoms with Gasteiger partial charge in [-0.25, -0.2) is 0 Å². The molecule has 0 heterocycles. The van der Waals surface area contributed by atoms with E-state index in [1.54, 1.807) is 7.11 Å². The lowest BCUT2D eigenvalue weighted by Crippen LogP contribution is -2.40. The Morgan fingerprint density at radius 1 is 1.28 bits per heavy atom. The smallest absolute Gasteiger partial charge is 0.191 e. The zero-order chi connectivity index (χ0) is 17.4. The minimum atomic E-state index is -0.604. The number of halogens is 1. The largest absolute Gasteiger partial charge is 0.496 e. The van der Waals surface area contributed by atoms with Crippen LogP contribution >= 0.6 is 24.0 Å². The molecule has 142 valence electrons. The number of guanidine groups is 1. The molecule has 1 saturated carbocycles. The van der Waals surface area contributed by atoms with Gasteiger partial charge in [-0.05, 0) is 50.3 Å². The number of aliphatic hydroxyl groups is 1. The van der Waals surface area contributed by atoms with Crippen LogP contribution in [-0.2, 0) is 6.42 Å². The van der Waals surface area contributed by atoms with E-state index in [1.807, 2.05) is 13.8 Å². The van der Waals surface area contributed by atoms with Crippen LogP contribution < -0.4 is 15.4 Å². The summed E-state index contributed by atoms with van der Waals surface area (Å²) in [7, 11) is 1.70. The zero-order valence-corrected chi connectivity index (χ0v) is 17.9. The average Bonchev–Trinajstić information content (AvgIpc) is 3.01. The summed E-state index contributed by atoms with van der Waals surface area (Å²) in [5.74, 6) is 1.70. The standard InChI is InChI=1S/C19H31N3O2.HI/c1-4-20-18(22-14-19(23)10-5-6-11-19)21-12-9-16-8-7-15(2)17(13-16)24-3;/h7-8,13,23H,4-6,9-12,14H2,1-3H3,(H2,20,21,22);1H. The van der Waals surface area contributed by atoms with Gasteiger partial charge in [-0.3, -0.25) is 4.99 Å². The van der Waals surface area contributed by atoms with Crippen LogP contribution in [0.1, 0.15) is 43.7 Å². The number of nitrogens with one attached hydrogen (secondary N) is 2. The molecule has 3 N–H and O–H groups in total. The zero-order valence-electron chi connectivity index (χ0n) is 15.6. The molecule has 0 radical (unpaired) electrons. The lowest BCUT2D eigenvalue weighted by atomic mass is 10.0. The molecule has 0 amide bonds. The first-order valence-corrected chi connectivity index (χ1v) is 8.94. The van der Waals surface area contributed by atoms with Crippen molar-refractivity contribution in [3.63, 3.8) is 0 Å². The second-order valence-electron chi connectivity index (χ2n) is 6.61. The van der Waals surface area contributed by atoms with Crippen molar-refractivity contribution in [2.75, 3.05) is 26.7 Å². The molecule has 5 nitrogen and oxygen atoms in total. The molecular weight excluding hydrogens is 429 g/mol. The van der Waals surface area contributed by atoms with Crippen molar-refractivity contribution in [3.8, 4) is 5.75 Å². The summed E-state index contributed by atoms with van der Waals surface area (Å²) in [5, 5.41) is 17.0. The van der Waals surface area contributed by atoms with E-state index in [-0.39, 0.29) is 24.0 Å². The SMILES string of the molecule is CCNC(=NCC1(O)CCCC1)NCCc1ccc(C)c(OC)c1.I. The number of nitrogens with zero attached hydrogens (tertiary/aromatic N) is 1. The third-order valence-corrected chi connectivity index (χ3v) is 4.59. The highest BCUT2D eigenvalue weighted by atomic mass is 127. The molecule has 0 aliphatic heterocycles. The number of benzene rings is 1. The molecule has 6 heteroatoms. The highest BCUT2D eigenvalue weighted by molar-refractivity contribution is 14.0. The third-order valence-electron chi connectivity index (χ3n) is 4.59. The molecule has 1 aliphatic rings. The van der Waals surface area contributed by atoms with Crippen LogP contribution in [0.5, 0.6) is 5.75 Å². The Balaban J connectivity index is 0.00000312. The fourth-order valence-corrected chi connectivity index (χ4v) is 3.10. The lowest BCUT2D eigenvalue weighted by molar-refractivity contribution is 0.0574. The Morgan fingerprint density at radius 3 is 2.64 bits per heavy atom. The fourth-order valence-electron chi connectivity index (χ4n) is 3.10. The molecule has 0 atom stereocenters. The summed E-state index contributed by atoms with van der Waals surface area (Å²) in [5.41, 5.74) is 1.77. The van der Waals surface area contributed by atoms with Gasteiger partial charge in [0.2, 0.25) is 0 Å². The predicted octanol–water partition coefficient (Wildman–Crippen LogP) is 3.02. The van der Waals surface area contributed by atoms with Gasteiger partial charge in [0.25, 0.3) is 0 Å². The average molecular weight is 461 g/mol. The Morgan fingerprint density at radius 2 is 2.00 bits per heavy atom. The van der Waals surface area contributed by atoms with Gasteiger partial charge in [0.05, 0.1) is 19.3 Å². The van der Waals surface area contributed by atoms with Gasteiger partial charge in [-0.1, -0.05) is 25.0 Å². The number of hydrogen-bond acceptors (Lipinski definition) is 3. The van der Waals surface area contributed by atoms with Crippen LogP contribution in [0.15, 0.2) is 23.2 Å². The van der Waals surface area contributed by atoms with Crippen LogP contribution in [0.25, 0.3) is 0 Å². The van der Waals surface area contributed by atoms with Gasteiger partial charge in [-0.2, -0.15) is 0 Å². The van der Waals surface area contributed by atoms with Crippen molar-refractivity contribution < 1.29 is 9.84 Å². The molecule has 1 aromatic carbocycles. The molecule has 0 spiro atoms. The summed E-state index contributed by atoms with van der Waals surface area (Å²) < 4.78 is 5.37. The van der Waals surface area contributed by atoms with Crippen LogP contribution in [0.2, 0.25) is 0 Å². The van der Waals surface area contributed by atoms with E-state index in [4.69, 9.17) is 4.74 Å². The van der Waals surface area contributed by atoms with Crippen molar-refractivity contribution >= 4 is 29.9 Å². The molecule has 1 aromatic rings. The van der Waals surface area contributed by atoms with E-state index >= 15 is 0 Å². The Labute approximate surface area is 168 Å². The molecular formula is C19H32IN3O2. The Hall–Kier alpha value is -1.02. The number of aliphatic imine (C=N–C) groups is 1.